The molecule has 29 heavy (non-hydrogen) atoms. The van der Waals surface area contributed by atoms with Gasteiger partial charge < -0.3 is 10.6 Å². The van der Waals surface area contributed by atoms with Gasteiger partial charge in [0.25, 0.3) is 15.9 Å². The molecule has 9 nitrogen and oxygen atoms in total. The van der Waals surface area contributed by atoms with E-state index in [9.17, 15) is 22.8 Å². The number of hydrogen-bond donors (Lipinski definition) is 4. The molecule has 1 saturated heterocycles. The van der Waals surface area contributed by atoms with Crippen molar-refractivity contribution in [3.8, 4) is 0 Å². The Morgan fingerprint density at radius 1 is 1.10 bits per heavy atom. The molecule has 0 bridgehead atoms. The van der Waals surface area contributed by atoms with Crippen LogP contribution < -0.4 is 20.7 Å². The summed E-state index contributed by atoms with van der Waals surface area (Å²) in [7, 11) is -4.08. The zero-order chi connectivity index (χ0) is 21.0. The number of benzene rings is 2. The van der Waals surface area contributed by atoms with Gasteiger partial charge in [0, 0.05) is 11.4 Å². The molecule has 4 N–H and O–H groups in total. The Morgan fingerprint density at radius 3 is 2.55 bits per heavy atom. The van der Waals surface area contributed by atoms with E-state index in [2.05, 4.69) is 20.7 Å². The van der Waals surface area contributed by atoms with E-state index in [0.717, 1.165) is 0 Å². The highest BCUT2D eigenvalue weighted by molar-refractivity contribution is 7.92. The van der Waals surface area contributed by atoms with Crippen molar-refractivity contribution in [1.29, 1.82) is 0 Å². The number of imide groups is 1. The lowest BCUT2D eigenvalue weighted by Gasteiger charge is -2.22. The van der Waals surface area contributed by atoms with E-state index in [1.165, 1.54) is 31.2 Å². The number of hydrogen-bond acceptors (Lipinski definition) is 5. The molecule has 11 heteroatoms. The molecule has 2 aromatic carbocycles. The monoisotopic (exact) mass is 434 g/mol. The Kier molecular flexibility index (Phi) is 4.28. The first kappa shape index (κ1) is 19.2. The van der Waals surface area contributed by atoms with Gasteiger partial charge in [0.05, 0.1) is 11.4 Å². The molecule has 2 aliphatic rings. The van der Waals surface area contributed by atoms with E-state index < -0.39 is 27.5 Å². The third-order valence-electron chi connectivity index (χ3n) is 4.81. The van der Waals surface area contributed by atoms with E-state index in [0.29, 0.717) is 16.8 Å². The molecular weight excluding hydrogens is 420 g/mol. The Hall–Kier alpha value is -3.11. The average Bonchev–Trinajstić information content (AvgIpc) is 3.11. The van der Waals surface area contributed by atoms with Gasteiger partial charge in [-0.05, 0) is 42.3 Å². The van der Waals surface area contributed by atoms with Gasteiger partial charge in [-0.3, -0.25) is 19.6 Å². The van der Waals surface area contributed by atoms with Crippen LogP contribution in [0.25, 0.3) is 0 Å². The summed E-state index contributed by atoms with van der Waals surface area (Å²) in [4.78, 5) is 35.0. The number of amides is 4. The van der Waals surface area contributed by atoms with E-state index in [1.807, 2.05) is 0 Å². The molecule has 0 aromatic heterocycles. The maximum Gasteiger partial charge on any atom is 0.322 e. The van der Waals surface area contributed by atoms with Crippen LogP contribution in [-0.2, 0) is 31.6 Å². The number of urea groups is 1. The van der Waals surface area contributed by atoms with E-state index in [-0.39, 0.29) is 27.9 Å². The number of fused-ring (bicyclic) bond motifs is 1. The highest BCUT2D eigenvalue weighted by atomic mass is 35.5. The highest BCUT2D eigenvalue weighted by Gasteiger charge is 2.43. The summed E-state index contributed by atoms with van der Waals surface area (Å²) in [5, 5.41) is 7.25. The van der Waals surface area contributed by atoms with Gasteiger partial charge in [0.2, 0.25) is 5.91 Å². The molecule has 150 valence electrons. The molecule has 0 saturated carbocycles. The van der Waals surface area contributed by atoms with E-state index in [1.54, 1.807) is 12.1 Å². The normalized spacial score (nSPS) is 20.7. The summed E-state index contributed by atoms with van der Waals surface area (Å²) >= 11 is 6.13. The predicted molar refractivity (Wildman–Crippen MR) is 105 cm³/mol. The van der Waals surface area contributed by atoms with Crippen LogP contribution in [0.1, 0.15) is 18.1 Å². The topological polar surface area (TPSA) is 133 Å². The fourth-order valence-corrected chi connectivity index (χ4v) is 4.91. The lowest BCUT2D eigenvalue weighted by Crippen LogP contribution is -2.40. The van der Waals surface area contributed by atoms with E-state index >= 15 is 0 Å². The van der Waals surface area contributed by atoms with Crippen LogP contribution in [0.4, 0.5) is 16.2 Å². The first-order chi connectivity index (χ1) is 13.6. The molecule has 0 aliphatic carbocycles. The first-order valence-corrected chi connectivity index (χ1v) is 10.3. The molecule has 0 spiro atoms. The first-order valence-electron chi connectivity index (χ1n) is 8.48. The summed E-state index contributed by atoms with van der Waals surface area (Å²) in [6.45, 7) is 1.52. The van der Waals surface area contributed by atoms with Gasteiger partial charge in [-0.1, -0.05) is 23.7 Å². The zero-order valence-electron chi connectivity index (χ0n) is 15.0. The molecular formula is C18H15ClN4O5S. The fourth-order valence-electron chi connectivity index (χ4n) is 3.28. The van der Waals surface area contributed by atoms with Crippen molar-refractivity contribution in [2.24, 2.45) is 0 Å². The lowest BCUT2D eigenvalue weighted by atomic mass is 9.92. The molecule has 4 amide bonds. The SMILES string of the molecule is CC1(c2cccc(NS(=O)(=O)c3cc4c(cc3Cl)NC(=O)C4)c2)NC(=O)NC1=O. The van der Waals surface area contributed by atoms with Gasteiger partial charge in [0.1, 0.15) is 10.4 Å². The maximum absolute atomic E-state index is 12.9. The van der Waals surface area contributed by atoms with Crippen molar-refractivity contribution in [2.45, 2.75) is 23.8 Å². The van der Waals surface area contributed by atoms with Crippen molar-refractivity contribution < 1.29 is 22.8 Å². The zero-order valence-corrected chi connectivity index (χ0v) is 16.6. The molecule has 2 heterocycles. The van der Waals surface area contributed by atoms with Crippen molar-refractivity contribution in [3.63, 3.8) is 0 Å². The highest BCUT2D eigenvalue weighted by Crippen LogP contribution is 2.33. The van der Waals surface area contributed by atoms with Crippen molar-refractivity contribution >= 4 is 50.8 Å². The maximum atomic E-state index is 12.9. The second-order valence-electron chi connectivity index (χ2n) is 6.88. The predicted octanol–water partition coefficient (Wildman–Crippen LogP) is 1.69. The largest absolute Gasteiger partial charge is 0.325 e. The van der Waals surface area contributed by atoms with Crippen molar-refractivity contribution in [2.75, 3.05) is 10.0 Å². The van der Waals surface area contributed by atoms with Crippen LogP contribution in [0.15, 0.2) is 41.3 Å². The van der Waals surface area contributed by atoms with Crippen LogP contribution in [-0.4, -0.2) is 26.3 Å². The molecule has 1 atom stereocenters. The molecule has 2 aliphatic heterocycles. The summed E-state index contributed by atoms with van der Waals surface area (Å²) in [6.07, 6.45) is 0.0671. The minimum absolute atomic E-state index is 0.0380. The molecule has 4 rings (SSSR count). The van der Waals surface area contributed by atoms with Crippen molar-refractivity contribution in [1.82, 2.24) is 10.6 Å². The number of nitrogens with one attached hydrogen (secondary N) is 4. The smallest absolute Gasteiger partial charge is 0.322 e. The number of rotatable bonds is 4. The standard InChI is InChI=1S/C18H15ClN4O5S/c1-18(16(25)21-17(26)22-18)10-3-2-4-11(7-10)23-29(27,28)14-5-9-6-15(24)20-13(9)8-12(14)19/h2-5,7-8,23H,6H2,1H3,(H,20,24)(H2,21,22,25,26). The fraction of sp³-hybridized carbons (Fsp3) is 0.167. The Balaban J connectivity index is 1.67. The Labute approximate surface area is 170 Å². The molecule has 2 aromatic rings. The van der Waals surface area contributed by atoms with Gasteiger partial charge in [0.15, 0.2) is 0 Å². The van der Waals surface area contributed by atoms with Crippen LogP contribution in [0.2, 0.25) is 5.02 Å². The van der Waals surface area contributed by atoms with Gasteiger partial charge >= 0.3 is 6.03 Å². The van der Waals surface area contributed by atoms with Crippen LogP contribution in [0, 0.1) is 0 Å². The quantitative estimate of drug-likeness (QED) is 0.543. The van der Waals surface area contributed by atoms with E-state index in [4.69, 9.17) is 11.6 Å². The number of sulfonamides is 1. The number of carbonyl (C=O) groups excluding carboxylic acids is 3. The third-order valence-corrected chi connectivity index (χ3v) is 6.66. The lowest BCUT2D eigenvalue weighted by molar-refractivity contribution is -0.123. The summed E-state index contributed by atoms with van der Waals surface area (Å²) in [5.41, 5.74) is 0.276. The number of anilines is 2. The van der Waals surface area contributed by atoms with Crippen LogP contribution in [0.5, 0.6) is 0 Å². The minimum atomic E-state index is -4.08. The Morgan fingerprint density at radius 2 is 1.86 bits per heavy atom. The molecule has 1 unspecified atom stereocenters. The van der Waals surface area contributed by atoms with Crippen LogP contribution >= 0.6 is 11.6 Å². The average molecular weight is 435 g/mol. The van der Waals surface area contributed by atoms with Crippen molar-refractivity contribution in [3.05, 3.63) is 52.5 Å². The summed E-state index contributed by atoms with van der Waals surface area (Å²) in [6, 6.07) is 8.24. The number of halogens is 1. The van der Waals surface area contributed by atoms with Gasteiger partial charge in [-0.2, -0.15) is 0 Å². The Bertz CT molecular complexity index is 1200. The second kappa shape index (κ2) is 6.46. The van der Waals surface area contributed by atoms with Gasteiger partial charge in [-0.25, -0.2) is 13.2 Å². The van der Waals surface area contributed by atoms with Gasteiger partial charge in [-0.15, -0.1) is 0 Å². The minimum Gasteiger partial charge on any atom is -0.325 e. The number of carbonyl (C=O) groups is 3. The summed E-state index contributed by atoms with van der Waals surface area (Å²) < 4.78 is 28.2. The third kappa shape index (κ3) is 3.30. The molecule has 1 fully saturated rings. The van der Waals surface area contributed by atoms with Crippen LogP contribution in [0.3, 0.4) is 0 Å². The second-order valence-corrected chi connectivity index (χ2v) is 8.94. The summed E-state index contributed by atoms with van der Waals surface area (Å²) in [5.74, 6) is -0.780. The molecule has 0 radical (unpaired) electrons.